The number of ketones is 1. The molecule has 0 fully saturated rings. The van der Waals surface area contributed by atoms with Gasteiger partial charge in [0, 0.05) is 35.2 Å². The van der Waals surface area contributed by atoms with Crippen LogP contribution in [0.4, 0.5) is 17.1 Å². The van der Waals surface area contributed by atoms with E-state index in [1.807, 2.05) is 0 Å². The minimum Gasteiger partial charge on any atom is -0.285 e. The molecular weight excluding hydrogens is 520 g/mol. The minimum absolute atomic E-state index is 0.0923. The number of non-ortho nitro benzene ring substituents is 1. The number of nitrogens with zero attached hydrogens (tertiary/aromatic N) is 4. The van der Waals surface area contributed by atoms with Gasteiger partial charge in [0.1, 0.15) is 10.6 Å². The maximum atomic E-state index is 13.2. The highest BCUT2D eigenvalue weighted by molar-refractivity contribution is 7.92. The molecule has 0 unspecified atom stereocenters. The molecule has 2 heterocycles. The lowest BCUT2D eigenvalue weighted by molar-refractivity contribution is -0.385. The van der Waals surface area contributed by atoms with Gasteiger partial charge in [-0.1, -0.05) is 23.7 Å². The molecular formula is C24H17ClN6O5S. The molecule has 2 aromatic heterocycles. The van der Waals surface area contributed by atoms with Gasteiger partial charge in [0.05, 0.1) is 16.3 Å². The van der Waals surface area contributed by atoms with Crippen molar-refractivity contribution in [1.82, 2.24) is 9.97 Å². The van der Waals surface area contributed by atoms with E-state index in [4.69, 9.17) is 11.6 Å². The summed E-state index contributed by atoms with van der Waals surface area (Å²) in [6.45, 7) is 0. The predicted molar refractivity (Wildman–Crippen MR) is 138 cm³/mol. The number of hydrogen-bond donors (Lipinski definition) is 2. The van der Waals surface area contributed by atoms with Crippen LogP contribution in [0.25, 0.3) is 0 Å². The van der Waals surface area contributed by atoms with Crippen LogP contribution in [-0.4, -0.2) is 34.8 Å². The Morgan fingerprint density at radius 3 is 2.16 bits per heavy atom. The Morgan fingerprint density at radius 1 is 0.919 bits per heavy atom. The lowest BCUT2D eigenvalue weighted by Gasteiger charge is -2.13. The zero-order valence-corrected chi connectivity index (χ0v) is 20.3. The van der Waals surface area contributed by atoms with Gasteiger partial charge in [0.25, 0.3) is 15.7 Å². The number of halogens is 1. The van der Waals surface area contributed by atoms with Crippen LogP contribution in [0, 0.1) is 10.1 Å². The Bertz CT molecular complexity index is 1580. The molecule has 37 heavy (non-hydrogen) atoms. The van der Waals surface area contributed by atoms with Gasteiger partial charge in [0.15, 0.2) is 5.71 Å². The number of carbonyl (C=O) groups excluding carboxylic acids is 1. The number of nitro benzene ring substituents is 1. The fourth-order valence-electron chi connectivity index (χ4n) is 3.13. The van der Waals surface area contributed by atoms with Gasteiger partial charge >= 0.3 is 0 Å². The van der Waals surface area contributed by atoms with Crippen molar-refractivity contribution in [2.24, 2.45) is 5.10 Å². The second-order valence-corrected chi connectivity index (χ2v) is 9.47. The predicted octanol–water partition coefficient (Wildman–Crippen LogP) is 4.54. The normalized spacial score (nSPS) is 11.5. The molecule has 0 radical (unpaired) electrons. The number of rotatable bonds is 9. The lowest BCUT2D eigenvalue weighted by atomic mass is 10.1. The first-order valence-electron chi connectivity index (χ1n) is 10.5. The van der Waals surface area contributed by atoms with Gasteiger partial charge < -0.3 is 0 Å². The smallest absolute Gasteiger partial charge is 0.270 e. The average Bonchev–Trinajstić information content (AvgIpc) is 2.91. The number of aromatic nitrogens is 2. The number of carbonyl (C=O) groups is 1. The van der Waals surface area contributed by atoms with Crippen molar-refractivity contribution >= 4 is 50.2 Å². The van der Waals surface area contributed by atoms with E-state index in [1.165, 1.54) is 48.8 Å². The van der Waals surface area contributed by atoms with E-state index >= 15 is 0 Å². The van der Waals surface area contributed by atoms with Crippen LogP contribution in [0.3, 0.4) is 0 Å². The zero-order chi connectivity index (χ0) is 26.4. The molecule has 0 saturated heterocycles. The highest BCUT2D eigenvalue weighted by Crippen LogP contribution is 2.29. The number of hydrogen-bond acceptors (Lipinski definition) is 9. The van der Waals surface area contributed by atoms with Crippen LogP contribution in [0.1, 0.15) is 16.2 Å². The molecule has 0 aliphatic carbocycles. The molecule has 0 saturated carbocycles. The molecule has 0 bridgehead atoms. The van der Waals surface area contributed by atoms with E-state index < -0.39 is 31.3 Å². The number of benzene rings is 2. The largest absolute Gasteiger partial charge is 0.285 e. The number of sulfonamides is 1. The summed E-state index contributed by atoms with van der Waals surface area (Å²) in [7, 11) is -4.34. The Labute approximate surface area is 216 Å². The van der Waals surface area contributed by atoms with Crippen molar-refractivity contribution in [3.63, 3.8) is 0 Å². The van der Waals surface area contributed by atoms with Gasteiger partial charge in [-0.3, -0.25) is 35.0 Å². The van der Waals surface area contributed by atoms with Gasteiger partial charge in [-0.05, 0) is 54.6 Å². The first kappa shape index (κ1) is 25.4. The van der Waals surface area contributed by atoms with Crippen LogP contribution in [0.15, 0.2) is 101 Å². The second kappa shape index (κ2) is 10.9. The zero-order valence-electron chi connectivity index (χ0n) is 18.8. The maximum Gasteiger partial charge on any atom is 0.270 e. The third kappa shape index (κ3) is 6.12. The first-order chi connectivity index (χ1) is 17.7. The SMILES string of the molecule is O=C(/C(=N/Nc1ccc([N+](=O)[O-])cc1S(=O)(=O)Nc1ccc(Cl)cc1)c1ccccn1)c1ccccn1. The average molecular weight is 537 g/mol. The molecule has 2 N–H and O–H groups in total. The molecule has 13 heteroatoms. The second-order valence-electron chi connectivity index (χ2n) is 7.38. The van der Waals surface area contributed by atoms with Gasteiger partial charge in [-0.15, -0.1) is 0 Å². The van der Waals surface area contributed by atoms with Crippen LogP contribution in [0.5, 0.6) is 0 Å². The quantitative estimate of drug-likeness (QED) is 0.137. The molecule has 2 aromatic carbocycles. The van der Waals surface area contributed by atoms with E-state index in [0.29, 0.717) is 5.02 Å². The molecule has 0 spiro atoms. The van der Waals surface area contributed by atoms with Crippen molar-refractivity contribution in [1.29, 1.82) is 0 Å². The maximum absolute atomic E-state index is 13.2. The highest BCUT2D eigenvalue weighted by Gasteiger charge is 2.24. The van der Waals surface area contributed by atoms with E-state index in [0.717, 1.165) is 12.1 Å². The van der Waals surface area contributed by atoms with Gasteiger partial charge in [-0.25, -0.2) is 8.42 Å². The van der Waals surface area contributed by atoms with E-state index in [1.54, 1.807) is 30.3 Å². The molecule has 4 rings (SSSR count). The van der Waals surface area contributed by atoms with Gasteiger partial charge in [-0.2, -0.15) is 5.10 Å². The molecule has 4 aromatic rings. The Hall–Kier alpha value is -4.68. The Morgan fingerprint density at radius 2 is 1.57 bits per heavy atom. The lowest BCUT2D eigenvalue weighted by Crippen LogP contribution is -2.20. The molecule has 0 aliphatic rings. The summed E-state index contributed by atoms with van der Waals surface area (Å²) in [5, 5.41) is 15.9. The van der Waals surface area contributed by atoms with E-state index in [2.05, 4.69) is 25.2 Å². The monoisotopic (exact) mass is 536 g/mol. The summed E-state index contributed by atoms with van der Waals surface area (Å²) in [5.74, 6) is -0.572. The summed E-state index contributed by atoms with van der Waals surface area (Å²) in [5.41, 5.74) is 2.33. The van der Waals surface area contributed by atoms with E-state index in [-0.39, 0.29) is 28.5 Å². The summed E-state index contributed by atoms with van der Waals surface area (Å²) in [6.07, 6.45) is 2.91. The number of anilines is 2. The third-order valence-electron chi connectivity index (χ3n) is 4.87. The Kier molecular flexibility index (Phi) is 7.51. The summed E-state index contributed by atoms with van der Waals surface area (Å²) in [4.78, 5) is 31.5. The van der Waals surface area contributed by atoms with Crippen LogP contribution < -0.4 is 10.1 Å². The molecule has 0 amide bonds. The number of nitro groups is 1. The van der Waals surface area contributed by atoms with Crippen LogP contribution in [0.2, 0.25) is 5.02 Å². The minimum atomic E-state index is -4.34. The molecule has 0 atom stereocenters. The van der Waals surface area contributed by atoms with E-state index in [9.17, 15) is 23.3 Å². The number of pyridine rings is 2. The topological polar surface area (TPSA) is 157 Å². The summed E-state index contributed by atoms with van der Waals surface area (Å²) >= 11 is 5.86. The Balaban J connectivity index is 1.77. The van der Waals surface area contributed by atoms with Crippen LogP contribution in [-0.2, 0) is 10.0 Å². The van der Waals surface area contributed by atoms with Gasteiger partial charge in [0.2, 0.25) is 5.78 Å². The van der Waals surface area contributed by atoms with Crippen molar-refractivity contribution < 1.29 is 18.1 Å². The molecule has 0 aliphatic heterocycles. The third-order valence-corrected chi connectivity index (χ3v) is 6.54. The standard InChI is InChI=1S/C24H17ClN6O5S/c25-16-7-9-17(10-8-16)30-37(35,36)22-15-18(31(33)34)11-12-19(22)28-29-23(20-5-1-3-13-26-20)24(32)21-6-2-4-14-27-21/h1-15,28,30H/b29-23+. The summed E-state index contributed by atoms with van der Waals surface area (Å²) < 4.78 is 28.8. The number of hydrazone groups is 1. The van der Waals surface area contributed by atoms with Crippen molar-refractivity contribution in [2.75, 3.05) is 10.1 Å². The molecule has 186 valence electrons. The van der Waals surface area contributed by atoms with Crippen molar-refractivity contribution in [3.05, 3.63) is 118 Å². The number of Topliss-reactive ketones (excluding diaryl/α,β-unsaturated/α-hetero) is 1. The van der Waals surface area contributed by atoms with Crippen molar-refractivity contribution in [3.8, 4) is 0 Å². The van der Waals surface area contributed by atoms with Crippen molar-refractivity contribution in [2.45, 2.75) is 4.90 Å². The fraction of sp³-hybridized carbons (Fsp3) is 0. The summed E-state index contributed by atoms with van der Waals surface area (Å²) in [6, 6.07) is 18.7. The van der Waals surface area contributed by atoms with Crippen LogP contribution >= 0.6 is 11.6 Å². The number of nitrogens with one attached hydrogen (secondary N) is 2. The molecule has 11 nitrogen and oxygen atoms in total. The fourth-order valence-corrected chi connectivity index (χ4v) is 4.49. The first-order valence-corrected chi connectivity index (χ1v) is 12.4. The highest BCUT2D eigenvalue weighted by atomic mass is 35.5.